The summed E-state index contributed by atoms with van der Waals surface area (Å²) in [5, 5.41) is 8.55. The monoisotopic (exact) mass is 202 g/mol. The van der Waals surface area contributed by atoms with Crippen molar-refractivity contribution in [1.82, 2.24) is 9.80 Å². The number of likely N-dealkylation sites (N-methyl/N-ethyl adjacent to an activating group) is 2. The van der Waals surface area contributed by atoms with Gasteiger partial charge in [-0.25, -0.2) is 0 Å². The van der Waals surface area contributed by atoms with Crippen molar-refractivity contribution in [2.45, 2.75) is 26.3 Å². The van der Waals surface area contributed by atoms with Crippen molar-refractivity contribution in [3.8, 4) is 0 Å². The van der Waals surface area contributed by atoms with Crippen LogP contribution in [-0.2, 0) is 4.79 Å². The second-order valence-electron chi connectivity index (χ2n) is 4.72. The molecule has 0 aliphatic carbocycles. The molecule has 84 valence electrons. The van der Waals surface area contributed by atoms with Crippen molar-refractivity contribution >= 4 is 5.97 Å². The Hall–Kier alpha value is -0.610. The van der Waals surface area contributed by atoms with Gasteiger partial charge in [0.25, 0.3) is 0 Å². The summed E-state index contributed by atoms with van der Waals surface area (Å²) < 4.78 is 0. The molecule has 0 bridgehead atoms. The van der Waals surface area contributed by atoms with Gasteiger partial charge in [-0.1, -0.05) is 0 Å². The average Bonchev–Trinajstić information content (AvgIpc) is 1.96. The summed E-state index contributed by atoms with van der Waals surface area (Å²) in [6.07, 6.45) is 0. The fourth-order valence-corrected chi connectivity index (χ4v) is 0.966. The number of carbonyl (C=O) groups is 1. The Morgan fingerprint density at radius 3 is 2.07 bits per heavy atom. The molecule has 0 aromatic rings. The van der Waals surface area contributed by atoms with Gasteiger partial charge in [0.15, 0.2) is 0 Å². The minimum Gasteiger partial charge on any atom is -0.480 e. The highest BCUT2D eigenvalue weighted by atomic mass is 16.4. The molecule has 0 aliphatic heterocycles. The Balaban J connectivity index is 3.77. The predicted octanol–water partition coefficient (Wildman–Crippen LogP) is 0.733. The van der Waals surface area contributed by atoms with Gasteiger partial charge in [-0.15, -0.1) is 0 Å². The largest absolute Gasteiger partial charge is 0.480 e. The number of hydrogen-bond acceptors (Lipinski definition) is 3. The highest BCUT2D eigenvalue weighted by Gasteiger charge is 2.16. The van der Waals surface area contributed by atoms with Gasteiger partial charge in [0, 0.05) is 18.6 Å². The molecule has 4 nitrogen and oxygen atoms in total. The number of hydrogen-bond donors (Lipinski definition) is 1. The maximum atomic E-state index is 10.4. The van der Waals surface area contributed by atoms with E-state index in [1.807, 2.05) is 11.9 Å². The van der Waals surface area contributed by atoms with Gasteiger partial charge in [0.2, 0.25) is 0 Å². The molecule has 1 N–H and O–H groups in total. The third-order valence-corrected chi connectivity index (χ3v) is 2.37. The Morgan fingerprint density at radius 1 is 1.21 bits per heavy atom. The van der Waals surface area contributed by atoms with Crippen LogP contribution in [0.4, 0.5) is 0 Å². The molecule has 0 radical (unpaired) electrons. The molecule has 4 heteroatoms. The van der Waals surface area contributed by atoms with E-state index in [1.165, 1.54) is 0 Å². The van der Waals surface area contributed by atoms with Crippen molar-refractivity contribution in [2.24, 2.45) is 0 Å². The van der Waals surface area contributed by atoms with E-state index in [0.717, 1.165) is 13.1 Å². The van der Waals surface area contributed by atoms with Crippen molar-refractivity contribution in [3.63, 3.8) is 0 Å². The van der Waals surface area contributed by atoms with Crippen LogP contribution >= 0.6 is 0 Å². The molecule has 0 heterocycles. The normalized spacial score (nSPS) is 12.5. The van der Waals surface area contributed by atoms with E-state index in [0.29, 0.717) is 0 Å². The first-order valence-corrected chi connectivity index (χ1v) is 4.85. The average molecular weight is 202 g/mol. The Morgan fingerprint density at radius 2 is 1.71 bits per heavy atom. The van der Waals surface area contributed by atoms with E-state index in [-0.39, 0.29) is 12.1 Å². The van der Waals surface area contributed by atoms with Gasteiger partial charge in [-0.05, 0) is 34.9 Å². The number of carboxylic acids is 1. The molecule has 0 fully saturated rings. The highest BCUT2D eigenvalue weighted by Crippen LogP contribution is 2.09. The molecule has 0 atom stereocenters. The first-order chi connectivity index (χ1) is 6.23. The van der Waals surface area contributed by atoms with E-state index in [9.17, 15) is 4.79 Å². The van der Waals surface area contributed by atoms with Gasteiger partial charge >= 0.3 is 5.97 Å². The summed E-state index contributed by atoms with van der Waals surface area (Å²) in [6.45, 7) is 8.20. The number of nitrogens with zero attached hydrogens (tertiary/aromatic N) is 2. The third kappa shape index (κ3) is 5.94. The minimum absolute atomic E-state index is 0.109. The summed E-state index contributed by atoms with van der Waals surface area (Å²) in [5.74, 6) is -0.772. The zero-order valence-corrected chi connectivity index (χ0v) is 9.87. The smallest absolute Gasteiger partial charge is 0.317 e. The zero-order valence-electron chi connectivity index (χ0n) is 9.87. The maximum absolute atomic E-state index is 10.4. The van der Waals surface area contributed by atoms with Crippen LogP contribution < -0.4 is 0 Å². The lowest BCUT2D eigenvalue weighted by atomic mass is 10.1. The predicted molar refractivity (Wildman–Crippen MR) is 57.5 cm³/mol. The molecule has 0 rings (SSSR count). The molecule has 0 unspecified atom stereocenters. The molecule has 0 aliphatic rings. The van der Waals surface area contributed by atoms with Crippen LogP contribution in [0.1, 0.15) is 20.8 Å². The summed E-state index contributed by atoms with van der Waals surface area (Å²) in [5.41, 5.74) is 0.143. The van der Waals surface area contributed by atoms with Gasteiger partial charge < -0.3 is 10.0 Å². The molecule has 0 saturated carbocycles. The van der Waals surface area contributed by atoms with Gasteiger partial charge in [0.1, 0.15) is 0 Å². The molecule has 0 spiro atoms. The second kappa shape index (κ2) is 5.32. The SMILES string of the molecule is CN(CCN(C)C(C)(C)C)CC(=O)O. The number of aliphatic carboxylic acids is 1. The van der Waals surface area contributed by atoms with Gasteiger partial charge in [-0.3, -0.25) is 9.69 Å². The Labute approximate surface area is 86.5 Å². The van der Waals surface area contributed by atoms with Crippen molar-refractivity contribution in [2.75, 3.05) is 33.7 Å². The van der Waals surface area contributed by atoms with Crippen LogP contribution in [0.3, 0.4) is 0 Å². The van der Waals surface area contributed by atoms with Crippen LogP contribution in [0, 0.1) is 0 Å². The second-order valence-corrected chi connectivity index (χ2v) is 4.72. The molecular formula is C10H22N2O2. The molecule has 0 aromatic carbocycles. The maximum Gasteiger partial charge on any atom is 0.317 e. The van der Waals surface area contributed by atoms with E-state index in [2.05, 4.69) is 32.7 Å². The molecule has 0 aromatic heterocycles. The zero-order chi connectivity index (χ0) is 11.4. The quantitative estimate of drug-likeness (QED) is 0.714. The number of rotatable bonds is 5. The number of carboxylic acid groups (broad SMARTS) is 1. The Bertz CT molecular complexity index is 187. The van der Waals surface area contributed by atoms with E-state index in [4.69, 9.17) is 5.11 Å². The van der Waals surface area contributed by atoms with Gasteiger partial charge in [0.05, 0.1) is 6.54 Å². The van der Waals surface area contributed by atoms with Crippen molar-refractivity contribution in [1.29, 1.82) is 0 Å². The minimum atomic E-state index is -0.772. The van der Waals surface area contributed by atoms with E-state index < -0.39 is 5.97 Å². The van der Waals surface area contributed by atoms with Crippen LogP contribution in [0.25, 0.3) is 0 Å². The standard InChI is InChI=1S/C10H22N2O2/c1-10(2,3)12(5)7-6-11(4)8-9(13)14/h6-8H2,1-5H3,(H,13,14). The molecule has 0 saturated heterocycles. The topological polar surface area (TPSA) is 43.8 Å². The Kier molecular flexibility index (Phi) is 5.08. The van der Waals surface area contributed by atoms with E-state index in [1.54, 1.807) is 0 Å². The summed E-state index contributed by atoms with van der Waals surface area (Å²) in [4.78, 5) is 14.4. The summed E-state index contributed by atoms with van der Waals surface area (Å²) in [6, 6.07) is 0. The molecule has 14 heavy (non-hydrogen) atoms. The lowest BCUT2D eigenvalue weighted by Gasteiger charge is -2.32. The van der Waals surface area contributed by atoms with Crippen LogP contribution in [0.15, 0.2) is 0 Å². The fourth-order valence-electron chi connectivity index (χ4n) is 0.966. The molecule has 0 amide bonds. The lowest BCUT2D eigenvalue weighted by molar-refractivity contribution is -0.138. The van der Waals surface area contributed by atoms with Crippen LogP contribution in [0.5, 0.6) is 0 Å². The van der Waals surface area contributed by atoms with Crippen LogP contribution in [-0.4, -0.2) is 60.1 Å². The lowest BCUT2D eigenvalue weighted by Crippen LogP contribution is -2.43. The van der Waals surface area contributed by atoms with Crippen molar-refractivity contribution < 1.29 is 9.90 Å². The van der Waals surface area contributed by atoms with Crippen LogP contribution in [0.2, 0.25) is 0 Å². The first-order valence-electron chi connectivity index (χ1n) is 4.85. The summed E-state index contributed by atoms with van der Waals surface area (Å²) in [7, 11) is 3.87. The van der Waals surface area contributed by atoms with Gasteiger partial charge in [-0.2, -0.15) is 0 Å². The third-order valence-electron chi connectivity index (χ3n) is 2.37. The first kappa shape index (κ1) is 13.4. The van der Waals surface area contributed by atoms with Crippen molar-refractivity contribution in [3.05, 3.63) is 0 Å². The van der Waals surface area contributed by atoms with E-state index >= 15 is 0 Å². The fraction of sp³-hybridized carbons (Fsp3) is 0.900. The summed E-state index contributed by atoms with van der Waals surface area (Å²) >= 11 is 0. The molecular weight excluding hydrogens is 180 g/mol. The highest BCUT2D eigenvalue weighted by molar-refractivity contribution is 5.68.